The third kappa shape index (κ3) is 7.15. The lowest BCUT2D eigenvalue weighted by Crippen LogP contribution is -2.42. The molecule has 0 spiro atoms. The molecular formula is C22H36N2O3. The van der Waals surface area contributed by atoms with Crippen molar-refractivity contribution in [2.75, 3.05) is 38.2 Å². The Labute approximate surface area is 164 Å². The van der Waals surface area contributed by atoms with Crippen molar-refractivity contribution in [3.05, 3.63) is 24.3 Å². The van der Waals surface area contributed by atoms with E-state index < -0.39 is 5.60 Å². The minimum absolute atomic E-state index is 0.113. The highest BCUT2D eigenvalue weighted by molar-refractivity contribution is 5.97. The van der Waals surface area contributed by atoms with Crippen molar-refractivity contribution >= 4 is 11.6 Å². The van der Waals surface area contributed by atoms with Gasteiger partial charge in [0.15, 0.2) is 0 Å². The molecule has 0 aromatic heterocycles. The molecule has 0 bridgehead atoms. The number of hydrogen-bond acceptors (Lipinski definition) is 4. The fourth-order valence-corrected chi connectivity index (χ4v) is 3.38. The molecule has 1 amide bonds. The lowest BCUT2D eigenvalue weighted by Gasteiger charge is -2.26. The minimum atomic E-state index is -0.794. The van der Waals surface area contributed by atoms with E-state index in [1.165, 1.54) is 38.8 Å². The number of carbonyl (C=O) groups is 1. The first kappa shape index (κ1) is 21.7. The standard InChI is InChI=1S/C22H36N2O3/c1-4-22(3,27-5-2)21(25)23-19-11-13-20(14-12-19)26-18-10-17-24-15-8-6-7-9-16-24/h11-14H,4-10,15-18H2,1-3H3,(H,23,25)/t22-/m0/s1. The predicted octanol–water partition coefficient (Wildman–Crippen LogP) is 4.48. The number of benzene rings is 1. The van der Waals surface area contributed by atoms with Crippen molar-refractivity contribution in [1.29, 1.82) is 0 Å². The van der Waals surface area contributed by atoms with E-state index in [0.29, 0.717) is 13.0 Å². The van der Waals surface area contributed by atoms with Crippen LogP contribution in [-0.2, 0) is 9.53 Å². The summed E-state index contributed by atoms with van der Waals surface area (Å²) in [4.78, 5) is 15.0. The number of amides is 1. The number of anilines is 1. The van der Waals surface area contributed by atoms with Gasteiger partial charge in [-0.25, -0.2) is 0 Å². The normalized spacial score (nSPS) is 17.7. The summed E-state index contributed by atoms with van der Waals surface area (Å²) in [5.41, 5.74) is -0.0339. The summed E-state index contributed by atoms with van der Waals surface area (Å²) in [6.45, 7) is 10.5. The highest BCUT2D eigenvalue weighted by atomic mass is 16.5. The Balaban J connectivity index is 1.73. The van der Waals surface area contributed by atoms with E-state index in [2.05, 4.69) is 10.2 Å². The van der Waals surface area contributed by atoms with E-state index in [0.717, 1.165) is 31.0 Å². The van der Waals surface area contributed by atoms with Crippen LogP contribution in [0, 0.1) is 0 Å². The highest BCUT2D eigenvalue weighted by Gasteiger charge is 2.31. The van der Waals surface area contributed by atoms with Gasteiger partial charge in [-0.15, -0.1) is 0 Å². The van der Waals surface area contributed by atoms with Crippen molar-refractivity contribution in [3.63, 3.8) is 0 Å². The Hall–Kier alpha value is -1.59. The van der Waals surface area contributed by atoms with Crippen LogP contribution in [0.5, 0.6) is 5.75 Å². The van der Waals surface area contributed by atoms with Crippen LogP contribution in [0.4, 0.5) is 5.69 Å². The smallest absolute Gasteiger partial charge is 0.256 e. The maximum atomic E-state index is 12.5. The average molecular weight is 377 g/mol. The molecule has 1 fully saturated rings. The first-order valence-corrected chi connectivity index (χ1v) is 10.5. The van der Waals surface area contributed by atoms with Crippen molar-refractivity contribution < 1.29 is 14.3 Å². The molecule has 2 rings (SSSR count). The molecule has 27 heavy (non-hydrogen) atoms. The lowest BCUT2D eigenvalue weighted by atomic mass is 10.0. The first-order chi connectivity index (χ1) is 13.1. The zero-order valence-electron chi connectivity index (χ0n) is 17.3. The summed E-state index contributed by atoms with van der Waals surface area (Å²) in [6, 6.07) is 7.57. The third-order valence-corrected chi connectivity index (χ3v) is 5.32. The summed E-state index contributed by atoms with van der Waals surface area (Å²) in [6.07, 6.45) is 7.07. The van der Waals surface area contributed by atoms with Gasteiger partial charge in [-0.1, -0.05) is 19.8 Å². The number of carbonyl (C=O) groups excluding carboxylic acids is 1. The zero-order chi connectivity index (χ0) is 19.5. The maximum Gasteiger partial charge on any atom is 0.256 e. The number of nitrogens with zero attached hydrogens (tertiary/aromatic N) is 1. The summed E-state index contributed by atoms with van der Waals surface area (Å²) in [7, 11) is 0. The Morgan fingerprint density at radius 3 is 2.37 bits per heavy atom. The van der Waals surface area contributed by atoms with Crippen LogP contribution < -0.4 is 10.1 Å². The topological polar surface area (TPSA) is 50.8 Å². The third-order valence-electron chi connectivity index (χ3n) is 5.32. The molecule has 0 radical (unpaired) electrons. The van der Waals surface area contributed by atoms with Gasteiger partial charge in [0.1, 0.15) is 11.4 Å². The van der Waals surface area contributed by atoms with Gasteiger partial charge >= 0.3 is 0 Å². The van der Waals surface area contributed by atoms with Crippen LogP contribution in [0.1, 0.15) is 59.3 Å². The van der Waals surface area contributed by atoms with Gasteiger partial charge in [-0.05, 0) is 76.9 Å². The van der Waals surface area contributed by atoms with E-state index in [4.69, 9.17) is 9.47 Å². The molecule has 1 aliphatic rings. The summed E-state index contributed by atoms with van der Waals surface area (Å²) >= 11 is 0. The minimum Gasteiger partial charge on any atom is -0.494 e. The Morgan fingerprint density at radius 2 is 1.78 bits per heavy atom. The second kappa shape index (κ2) is 11.3. The number of ether oxygens (including phenoxy) is 2. The predicted molar refractivity (Wildman–Crippen MR) is 110 cm³/mol. The highest BCUT2D eigenvalue weighted by Crippen LogP contribution is 2.21. The van der Waals surface area contributed by atoms with Gasteiger partial charge < -0.3 is 19.7 Å². The Bertz CT molecular complexity index is 553. The van der Waals surface area contributed by atoms with Crippen LogP contribution in [-0.4, -0.2) is 49.3 Å². The second-order valence-electron chi connectivity index (χ2n) is 7.45. The summed E-state index contributed by atoms with van der Waals surface area (Å²) in [5, 5.41) is 2.94. The number of hydrogen-bond donors (Lipinski definition) is 1. The molecule has 1 aromatic carbocycles. The van der Waals surface area contributed by atoms with Crippen LogP contribution in [0.25, 0.3) is 0 Å². The molecule has 1 N–H and O–H groups in total. The molecule has 0 unspecified atom stereocenters. The molecule has 5 heteroatoms. The monoisotopic (exact) mass is 376 g/mol. The van der Waals surface area contributed by atoms with E-state index in [1.807, 2.05) is 45.0 Å². The summed E-state index contributed by atoms with van der Waals surface area (Å²) < 4.78 is 11.5. The molecule has 1 atom stereocenters. The maximum absolute atomic E-state index is 12.5. The van der Waals surface area contributed by atoms with Gasteiger partial charge in [0.2, 0.25) is 0 Å². The molecule has 152 valence electrons. The van der Waals surface area contributed by atoms with Gasteiger partial charge in [-0.3, -0.25) is 4.79 Å². The molecule has 1 heterocycles. The van der Waals surface area contributed by atoms with Crippen molar-refractivity contribution in [3.8, 4) is 5.75 Å². The SMILES string of the molecule is CCO[C@@](C)(CC)C(=O)Nc1ccc(OCCCN2CCCCCC2)cc1. The van der Waals surface area contributed by atoms with Crippen LogP contribution in [0.15, 0.2) is 24.3 Å². The lowest BCUT2D eigenvalue weighted by molar-refractivity contribution is -0.139. The van der Waals surface area contributed by atoms with Crippen molar-refractivity contribution in [1.82, 2.24) is 4.90 Å². The molecule has 1 aliphatic heterocycles. The Morgan fingerprint density at radius 1 is 1.11 bits per heavy atom. The molecule has 0 saturated carbocycles. The van der Waals surface area contributed by atoms with Crippen molar-refractivity contribution in [2.45, 2.75) is 64.9 Å². The number of rotatable bonds is 10. The molecular weight excluding hydrogens is 340 g/mol. The van der Waals surface area contributed by atoms with E-state index >= 15 is 0 Å². The fraction of sp³-hybridized carbons (Fsp3) is 0.682. The molecule has 1 saturated heterocycles. The van der Waals surface area contributed by atoms with Crippen LogP contribution in [0.3, 0.4) is 0 Å². The average Bonchev–Trinajstić information content (AvgIpc) is 2.95. The molecule has 5 nitrogen and oxygen atoms in total. The van der Waals surface area contributed by atoms with Crippen LogP contribution in [0.2, 0.25) is 0 Å². The summed E-state index contributed by atoms with van der Waals surface area (Å²) in [5.74, 6) is 0.727. The van der Waals surface area contributed by atoms with Gasteiger partial charge in [0.25, 0.3) is 5.91 Å². The van der Waals surface area contributed by atoms with E-state index in [-0.39, 0.29) is 5.91 Å². The number of likely N-dealkylation sites (tertiary alicyclic amines) is 1. The quantitative estimate of drug-likeness (QED) is 0.612. The number of nitrogens with one attached hydrogen (secondary N) is 1. The van der Waals surface area contributed by atoms with Gasteiger partial charge in [0, 0.05) is 18.8 Å². The molecule has 1 aromatic rings. The largest absolute Gasteiger partial charge is 0.494 e. The Kier molecular flexibility index (Phi) is 9.08. The van der Waals surface area contributed by atoms with Gasteiger partial charge in [0.05, 0.1) is 6.61 Å². The molecule has 0 aliphatic carbocycles. The van der Waals surface area contributed by atoms with Crippen LogP contribution >= 0.6 is 0 Å². The fourth-order valence-electron chi connectivity index (χ4n) is 3.38. The second-order valence-corrected chi connectivity index (χ2v) is 7.45. The van der Waals surface area contributed by atoms with Gasteiger partial charge in [-0.2, -0.15) is 0 Å². The van der Waals surface area contributed by atoms with E-state index in [9.17, 15) is 4.79 Å². The first-order valence-electron chi connectivity index (χ1n) is 10.5. The van der Waals surface area contributed by atoms with E-state index in [1.54, 1.807) is 0 Å². The van der Waals surface area contributed by atoms with Crippen molar-refractivity contribution in [2.24, 2.45) is 0 Å². The zero-order valence-corrected chi connectivity index (χ0v) is 17.3.